The number of rotatable bonds is 6. The molecule has 0 heterocycles. The minimum Gasteiger partial charge on any atom is -0.488 e. The van der Waals surface area contributed by atoms with E-state index in [1.54, 1.807) is 11.0 Å². The summed E-state index contributed by atoms with van der Waals surface area (Å²) in [6, 6.07) is 19.9. The van der Waals surface area contributed by atoms with Crippen molar-refractivity contribution in [2.24, 2.45) is 0 Å². The number of ether oxygens (including phenoxy) is 2. The molecule has 4 nitrogen and oxygen atoms in total. The molecule has 0 radical (unpaired) electrons. The highest BCUT2D eigenvalue weighted by molar-refractivity contribution is 6.25. The smallest absolute Gasteiger partial charge is 0.415 e. The minimum absolute atomic E-state index is 0.287. The number of fused-ring (bicyclic) bond motifs is 1. The first-order chi connectivity index (χ1) is 14.8. The van der Waals surface area contributed by atoms with Crippen LogP contribution >= 0.6 is 11.6 Å². The predicted molar refractivity (Wildman–Crippen MR) is 128 cm³/mol. The van der Waals surface area contributed by atoms with Gasteiger partial charge in [0.2, 0.25) is 0 Å². The monoisotopic (exact) mass is 437 g/mol. The Morgan fingerprint density at radius 3 is 2.32 bits per heavy atom. The van der Waals surface area contributed by atoms with Crippen LogP contribution in [0.2, 0.25) is 0 Å². The lowest BCUT2D eigenvalue weighted by molar-refractivity contribution is 0.0584. The molecule has 31 heavy (non-hydrogen) atoms. The van der Waals surface area contributed by atoms with Crippen molar-refractivity contribution in [3.05, 3.63) is 83.4 Å². The van der Waals surface area contributed by atoms with Crippen molar-refractivity contribution >= 4 is 34.2 Å². The van der Waals surface area contributed by atoms with E-state index in [4.69, 9.17) is 21.1 Å². The number of amides is 1. The molecule has 0 unspecified atom stereocenters. The molecule has 0 spiro atoms. The van der Waals surface area contributed by atoms with Crippen LogP contribution < -0.4 is 9.64 Å². The maximum absolute atomic E-state index is 13.0. The molecule has 0 fully saturated rings. The molecule has 0 bridgehead atoms. The lowest BCUT2D eigenvalue weighted by Gasteiger charge is -2.28. The Hall–Kier alpha value is -2.98. The van der Waals surface area contributed by atoms with Crippen LogP contribution in [0.3, 0.4) is 0 Å². The van der Waals surface area contributed by atoms with E-state index in [1.165, 1.54) is 5.54 Å². The highest BCUT2D eigenvalue weighted by atomic mass is 35.5. The summed E-state index contributed by atoms with van der Waals surface area (Å²) in [6.45, 7) is 8.27. The van der Waals surface area contributed by atoms with Crippen LogP contribution in [-0.4, -0.2) is 18.2 Å². The average molecular weight is 438 g/mol. The van der Waals surface area contributed by atoms with Crippen LogP contribution in [0.4, 0.5) is 10.5 Å². The van der Waals surface area contributed by atoms with Crippen molar-refractivity contribution in [2.45, 2.75) is 39.9 Å². The van der Waals surface area contributed by atoms with Crippen LogP contribution in [0, 0.1) is 6.92 Å². The third-order valence-corrected chi connectivity index (χ3v) is 4.95. The van der Waals surface area contributed by atoms with Crippen molar-refractivity contribution < 1.29 is 14.3 Å². The molecule has 3 aromatic rings. The van der Waals surface area contributed by atoms with Gasteiger partial charge in [0, 0.05) is 23.5 Å². The third kappa shape index (κ3) is 5.80. The van der Waals surface area contributed by atoms with Gasteiger partial charge in [-0.1, -0.05) is 72.3 Å². The Bertz CT molecular complexity index is 1070. The number of anilines is 1. The first-order valence-electron chi connectivity index (χ1n) is 10.2. The zero-order valence-electron chi connectivity index (χ0n) is 18.4. The molecular weight excluding hydrogens is 410 g/mol. The van der Waals surface area contributed by atoms with Gasteiger partial charge in [0.05, 0.1) is 5.69 Å². The van der Waals surface area contributed by atoms with Gasteiger partial charge in [0.25, 0.3) is 0 Å². The summed E-state index contributed by atoms with van der Waals surface area (Å²) in [6.07, 6.45) is 1.28. The van der Waals surface area contributed by atoms with Gasteiger partial charge < -0.3 is 9.47 Å². The lowest BCUT2D eigenvalue weighted by atomic mass is 10.0. The standard InChI is InChI=1S/C26H28ClNO3/c1-19-21-13-8-9-14-22(21)24(30-18-20-11-6-5-7-12-20)17-23(19)28(16-10-15-27)25(29)31-26(2,3)4/h5-15,17H,16,18H2,1-4H3. The molecule has 0 saturated heterocycles. The Balaban J connectivity index is 2.06. The molecule has 0 N–H and O–H groups in total. The van der Waals surface area contributed by atoms with E-state index < -0.39 is 11.7 Å². The molecule has 0 aromatic heterocycles. The summed E-state index contributed by atoms with van der Waals surface area (Å²) >= 11 is 5.77. The number of halogens is 1. The van der Waals surface area contributed by atoms with Crippen LogP contribution in [0.1, 0.15) is 31.9 Å². The fourth-order valence-electron chi connectivity index (χ4n) is 3.34. The number of carbonyl (C=O) groups is 1. The molecular formula is C26H28ClNO3. The second-order valence-corrected chi connectivity index (χ2v) is 8.54. The van der Waals surface area contributed by atoms with E-state index in [-0.39, 0.29) is 6.54 Å². The maximum Gasteiger partial charge on any atom is 0.415 e. The van der Waals surface area contributed by atoms with Gasteiger partial charge in [-0.05, 0) is 44.2 Å². The largest absolute Gasteiger partial charge is 0.488 e. The second-order valence-electron chi connectivity index (χ2n) is 8.29. The first-order valence-corrected chi connectivity index (χ1v) is 10.7. The summed E-state index contributed by atoms with van der Waals surface area (Å²) in [4.78, 5) is 14.6. The Kier molecular flexibility index (Phi) is 7.24. The van der Waals surface area contributed by atoms with Crippen molar-refractivity contribution in [2.75, 3.05) is 11.4 Å². The molecule has 0 aliphatic rings. The summed E-state index contributed by atoms with van der Waals surface area (Å²) < 4.78 is 11.9. The van der Waals surface area contributed by atoms with Crippen LogP contribution in [0.25, 0.3) is 10.8 Å². The zero-order valence-corrected chi connectivity index (χ0v) is 19.1. The normalized spacial score (nSPS) is 11.6. The molecule has 5 heteroatoms. The molecule has 0 saturated carbocycles. The van der Waals surface area contributed by atoms with E-state index in [1.807, 2.05) is 88.4 Å². The van der Waals surface area contributed by atoms with E-state index in [2.05, 4.69) is 0 Å². The lowest BCUT2D eigenvalue weighted by Crippen LogP contribution is -2.37. The fourth-order valence-corrected chi connectivity index (χ4v) is 3.42. The van der Waals surface area contributed by atoms with Gasteiger partial charge in [-0.25, -0.2) is 4.79 Å². The molecule has 3 aromatic carbocycles. The number of nitrogens with zero attached hydrogens (tertiary/aromatic N) is 1. The number of benzene rings is 3. The van der Waals surface area contributed by atoms with E-state index in [0.29, 0.717) is 12.4 Å². The third-order valence-electron chi connectivity index (χ3n) is 4.77. The highest BCUT2D eigenvalue weighted by Gasteiger charge is 2.25. The number of hydrogen-bond donors (Lipinski definition) is 0. The van der Waals surface area contributed by atoms with Gasteiger partial charge in [0.15, 0.2) is 0 Å². The Morgan fingerprint density at radius 2 is 1.68 bits per heavy atom. The van der Waals surface area contributed by atoms with Gasteiger partial charge in [-0.2, -0.15) is 0 Å². The van der Waals surface area contributed by atoms with Crippen molar-refractivity contribution in [1.29, 1.82) is 0 Å². The molecule has 3 rings (SSSR count). The first kappa shape index (κ1) is 22.7. The zero-order chi connectivity index (χ0) is 22.4. The molecule has 0 atom stereocenters. The summed E-state index contributed by atoms with van der Waals surface area (Å²) in [5.74, 6) is 0.712. The molecule has 162 valence electrons. The minimum atomic E-state index is -0.614. The number of aryl methyl sites for hydroxylation is 1. The predicted octanol–water partition coefficient (Wildman–Crippen LogP) is 7.22. The summed E-state index contributed by atoms with van der Waals surface area (Å²) in [5.41, 5.74) is 3.56. The van der Waals surface area contributed by atoms with Gasteiger partial charge in [-0.3, -0.25) is 4.90 Å². The van der Waals surface area contributed by atoms with Gasteiger partial charge in [-0.15, -0.1) is 0 Å². The molecule has 1 amide bonds. The van der Waals surface area contributed by atoms with Crippen LogP contribution in [0.5, 0.6) is 5.75 Å². The van der Waals surface area contributed by atoms with Crippen LogP contribution in [-0.2, 0) is 11.3 Å². The quantitative estimate of drug-likeness (QED) is 0.408. The van der Waals surface area contributed by atoms with Crippen molar-refractivity contribution in [1.82, 2.24) is 0 Å². The SMILES string of the molecule is Cc1c(N(CC=CCl)C(=O)OC(C)(C)C)cc(OCc2ccccc2)c2ccccc12. The van der Waals surface area contributed by atoms with Gasteiger partial charge >= 0.3 is 6.09 Å². The maximum atomic E-state index is 13.0. The van der Waals surface area contributed by atoms with E-state index in [9.17, 15) is 4.79 Å². The van der Waals surface area contributed by atoms with Gasteiger partial charge in [0.1, 0.15) is 18.0 Å². The summed E-state index contributed by atoms with van der Waals surface area (Å²) in [5, 5.41) is 2.02. The van der Waals surface area contributed by atoms with E-state index in [0.717, 1.165) is 27.6 Å². The van der Waals surface area contributed by atoms with E-state index >= 15 is 0 Å². The Labute approximate surface area is 189 Å². The highest BCUT2D eigenvalue weighted by Crippen LogP contribution is 2.37. The second kappa shape index (κ2) is 9.88. The summed E-state index contributed by atoms with van der Waals surface area (Å²) in [7, 11) is 0. The fraction of sp³-hybridized carbons (Fsp3) is 0.269. The Morgan fingerprint density at radius 1 is 1.03 bits per heavy atom. The average Bonchev–Trinajstić information content (AvgIpc) is 2.74. The number of hydrogen-bond acceptors (Lipinski definition) is 3. The number of carbonyl (C=O) groups excluding carboxylic acids is 1. The molecule has 0 aliphatic carbocycles. The van der Waals surface area contributed by atoms with Crippen molar-refractivity contribution in [3.8, 4) is 5.75 Å². The van der Waals surface area contributed by atoms with Crippen LogP contribution in [0.15, 0.2) is 72.3 Å². The molecule has 0 aliphatic heterocycles. The van der Waals surface area contributed by atoms with Crippen molar-refractivity contribution in [3.63, 3.8) is 0 Å². The topological polar surface area (TPSA) is 38.8 Å².